The van der Waals surface area contributed by atoms with Gasteiger partial charge in [0.25, 0.3) is 0 Å². The summed E-state index contributed by atoms with van der Waals surface area (Å²) in [6, 6.07) is 1.73. The zero-order valence-electron chi connectivity index (χ0n) is 11.1. The monoisotopic (exact) mass is 267 g/mol. The summed E-state index contributed by atoms with van der Waals surface area (Å²) in [5.74, 6) is 7.15. The van der Waals surface area contributed by atoms with Crippen molar-refractivity contribution in [1.82, 2.24) is 9.97 Å². The van der Waals surface area contributed by atoms with E-state index in [4.69, 9.17) is 10.6 Å². The minimum atomic E-state index is -0.247. The van der Waals surface area contributed by atoms with Crippen molar-refractivity contribution in [3.05, 3.63) is 11.9 Å². The van der Waals surface area contributed by atoms with Gasteiger partial charge in [0, 0.05) is 12.7 Å². The van der Waals surface area contributed by atoms with E-state index in [1.54, 1.807) is 6.07 Å². The predicted octanol–water partition coefficient (Wildman–Crippen LogP) is 0.626. The molecular formula is C12H21N5O2. The van der Waals surface area contributed by atoms with Crippen LogP contribution in [-0.4, -0.2) is 33.8 Å². The maximum Gasteiger partial charge on any atom is 0.158 e. The highest BCUT2D eigenvalue weighted by Crippen LogP contribution is 2.34. The molecule has 0 saturated heterocycles. The van der Waals surface area contributed by atoms with E-state index < -0.39 is 0 Å². The number of nitrogens with one attached hydrogen (secondary N) is 2. The SMILES string of the molecule is CCOCc1nc(NN)cc(NC2(CO)CCC2)n1. The number of anilines is 2. The second-order valence-corrected chi connectivity index (χ2v) is 4.75. The third-order valence-electron chi connectivity index (χ3n) is 3.36. The van der Waals surface area contributed by atoms with Crippen molar-refractivity contribution in [3.8, 4) is 0 Å². The van der Waals surface area contributed by atoms with Crippen LogP contribution < -0.4 is 16.6 Å². The second-order valence-electron chi connectivity index (χ2n) is 4.75. The summed E-state index contributed by atoms with van der Waals surface area (Å²) < 4.78 is 5.30. The molecule has 0 bridgehead atoms. The van der Waals surface area contributed by atoms with Crippen molar-refractivity contribution < 1.29 is 9.84 Å². The molecule has 7 heteroatoms. The Balaban J connectivity index is 2.14. The first kappa shape index (κ1) is 14.0. The molecule has 0 aromatic carbocycles. The molecule has 0 radical (unpaired) electrons. The Labute approximate surface area is 112 Å². The molecule has 0 atom stereocenters. The molecule has 19 heavy (non-hydrogen) atoms. The van der Waals surface area contributed by atoms with E-state index in [1.807, 2.05) is 6.92 Å². The Morgan fingerprint density at radius 2 is 2.16 bits per heavy atom. The fourth-order valence-corrected chi connectivity index (χ4v) is 2.09. The van der Waals surface area contributed by atoms with E-state index >= 15 is 0 Å². The molecule has 2 rings (SSSR count). The van der Waals surface area contributed by atoms with Gasteiger partial charge in [0.2, 0.25) is 0 Å². The quantitative estimate of drug-likeness (QED) is 0.424. The zero-order valence-corrected chi connectivity index (χ0v) is 11.1. The number of nitrogen functional groups attached to an aromatic ring is 1. The van der Waals surface area contributed by atoms with E-state index in [1.165, 1.54) is 0 Å². The van der Waals surface area contributed by atoms with Gasteiger partial charge in [0.05, 0.1) is 12.1 Å². The van der Waals surface area contributed by atoms with Gasteiger partial charge in [-0.2, -0.15) is 0 Å². The van der Waals surface area contributed by atoms with Crippen molar-refractivity contribution in [1.29, 1.82) is 0 Å². The van der Waals surface area contributed by atoms with Crippen LogP contribution >= 0.6 is 0 Å². The highest BCUT2D eigenvalue weighted by Gasteiger charge is 2.36. The lowest BCUT2D eigenvalue weighted by atomic mass is 9.77. The lowest BCUT2D eigenvalue weighted by Gasteiger charge is -2.41. The molecule has 0 unspecified atom stereocenters. The third kappa shape index (κ3) is 3.31. The summed E-state index contributed by atoms with van der Waals surface area (Å²) in [4.78, 5) is 8.59. The number of hydrazine groups is 1. The summed E-state index contributed by atoms with van der Waals surface area (Å²) in [6.07, 6.45) is 3.01. The van der Waals surface area contributed by atoms with Crippen LogP contribution in [0.25, 0.3) is 0 Å². The Morgan fingerprint density at radius 3 is 2.68 bits per heavy atom. The molecule has 1 aliphatic carbocycles. The van der Waals surface area contributed by atoms with Gasteiger partial charge in [-0.05, 0) is 26.2 Å². The van der Waals surface area contributed by atoms with E-state index in [0.717, 1.165) is 19.3 Å². The predicted molar refractivity (Wildman–Crippen MR) is 72.5 cm³/mol. The molecule has 7 nitrogen and oxygen atoms in total. The van der Waals surface area contributed by atoms with Gasteiger partial charge in [0.15, 0.2) is 5.82 Å². The number of aromatic nitrogens is 2. The molecule has 0 spiro atoms. The molecular weight excluding hydrogens is 246 g/mol. The minimum absolute atomic E-state index is 0.100. The number of nitrogens with zero attached hydrogens (tertiary/aromatic N) is 2. The number of ether oxygens (including phenoxy) is 1. The van der Waals surface area contributed by atoms with Gasteiger partial charge >= 0.3 is 0 Å². The Hall–Kier alpha value is -1.44. The first-order valence-electron chi connectivity index (χ1n) is 6.53. The first-order valence-corrected chi connectivity index (χ1v) is 6.53. The van der Waals surface area contributed by atoms with Crippen LogP contribution in [-0.2, 0) is 11.3 Å². The molecule has 1 heterocycles. The number of aliphatic hydroxyl groups excluding tert-OH is 1. The number of hydrogen-bond donors (Lipinski definition) is 4. The zero-order chi connectivity index (χ0) is 13.7. The highest BCUT2D eigenvalue weighted by molar-refractivity contribution is 5.48. The molecule has 1 aliphatic rings. The van der Waals surface area contributed by atoms with Crippen LogP contribution in [0.5, 0.6) is 0 Å². The van der Waals surface area contributed by atoms with Crippen molar-refractivity contribution in [2.24, 2.45) is 5.84 Å². The van der Waals surface area contributed by atoms with Crippen LogP contribution in [0.4, 0.5) is 11.6 Å². The Kier molecular flexibility index (Phi) is 4.52. The molecule has 1 aromatic rings. The lowest BCUT2D eigenvalue weighted by molar-refractivity contribution is 0.128. The molecule has 106 valence electrons. The van der Waals surface area contributed by atoms with Crippen molar-refractivity contribution in [2.45, 2.75) is 38.3 Å². The summed E-state index contributed by atoms with van der Waals surface area (Å²) >= 11 is 0. The highest BCUT2D eigenvalue weighted by atomic mass is 16.5. The largest absolute Gasteiger partial charge is 0.394 e. The molecule has 0 amide bonds. The van der Waals surface area contributed by atoms with E-state index in [2.05, 4.69) is 20.7 Å². The number of nitrogens with two attached hydrogens (primary N) is 1. The van der Waals surface area contributed by atoms with E-state index in [0.29, 0.717) is 30.7 Å². The summed E-state index contributed by atoms with van der Waals surface area (Å²) in [5.41, 5.74) is 2.27. The van der Waals surface area contributed by atoms with E-state index in [-0.39, 0.29) is 12.1 Å². The maximum atomic E-state index is 9.46. The summed E-state index contributed by atoms with van der Waals surface area (Å²) in [6.45, 7) is 2.96. The smallest absolute Gasteiger partial charge is 0.158 e. The van der Waals surface area contributed by atoms with Crippen LogP contribution in [0.1, 0.15) is 32.0 Å². The van der Waals surface area contributed by atoms with Gasteiger partial charge < -0.3 is 20.6 Å². The van der Waals surface area contributed by atoms with Crippen LogP contribution in [0, 0.1) is 0 Å². The third-order valence-corrected chi connectivity index (χ3v) is 3.36. The first-order chi connectivity index (χ1) is 9.21. The van der Waals surface area contributed by atoms with Crippen molar-refractivity contribution in [3.63, 3.8) is 0 Å². The van der Waals surface area contributed by atoms with Crippen molar-refractivity contribution in [2.75, 3.05) is 24.0 Å². The summed E-state index contributed by atoms with van der Waals surface area (Å²) in [5, 5.41) is 12.7. The Morgan fingerprint density at radius 1 is 1.42 bits per heavy atom. The van der Waals surface area contributed by atoms with Gasteiger partial charge in [-0.25, -0.2) is 15.8 Å². The normalized spacial score (nSPS) is 16.8. The van der Waals surface area contributed by atoms with Gasteiger partial charge in [0.1, 0.15) is 18.2 Å². The average molecular weight is 267 g/mol. The van der Waals surface area contributed by atoms with Crippen LogP contribution in [0.15, 0.2) is 6.07 Å². The number of rotatable bonds is 7. The van der Waals surface area contributed by atoms with E-state index in [9.17, 15) is 5.11 Å². The van der Waals surface area contributed by atoms with Crippen LogP contribution in [0.2, 0.25) is 0 Å². The lowest BCUT2D eigenvalue weighted by Crippen LogP contribution is -2.48. The molecule has 1 fully saturated rings. The second kappa shape index (κ2) is 6.14. The average Bonchev–Trinajstić information content (AvgIpc) is 2.40. The van der Waals surface area contributed by atoms with Crippen molar-refractivity contribution >= 4 is 11.6 Å². The Bertz CT molecular complexity index is 417. The van der Waals surface area contributed by atoms with Gasteiger partial charge in [-0.1, -0.05) is 0 Å². The molecule has 1 saturated carbocycles. The van der Waals surface area contributed by atoms with Crippen LogP contribution in [0.3, 0.4) is 0 Å². The fraction of sp³-hybridized carbons (Fsp3) is 0.667. The van der Waals surface area contributed by atoms with Gasteiger partial charge in [-0.15, -0.1) is 0 Å². The topological polar surface area (TPSA) is 105 Å². The maximum absolute atomic E-state index is 9.46. The summed E-state index contributed by atoms with van der Waals surface area (Å²) in [7, 11) is 0. The number of aliphatic hydroxyl groups is 1. The fourth-order valence-electron chi connectivity index (χ4n) is 2.09. The molecule has 0 aliphatic heterocycles. The molecule has 5 N–H and O–H groups in total. The standard InChI is InChI=1S/C12H21N5O2/c1-2-19-7-11-14-9(6-10(15-11)17-13)16-12(8-18)4-3-5-12/h6,18H,2-5,7-8,13H2,1H3,(H2,14,15,16,17). The minimum Gasteiger partial charge on any atom is -0.394 e. The molecule has 1 aromatic heterocycles. The van der Waals surface area contributed by atoms with Gasteiger partial charge in [-0.3, -0.25) is 0 Å². The number of hydrogen-bond acceptors (Lipinski definition) is 7.